The number of phenols is 1. The van der Waals surface area contributed by atoms with Gasteiger partial charge in [-0.15, -0.1) is 10.2 Å². The molecule has 0 spiro atoms. The minimum atomic E-state index is -4.85. The van der Waals surface area contributed by atoms with Crippen LogP contribution in [-0.2, 0) is 31.0 Å². The molecule has 4 aromatic carbocycles. The van der Waals surface area contributed by atoms with E-state index in [0.29, 0.717) is 11.3 Å². The van der Waals surface area contributed by atoms with Gasteiger partial charge in [-0.3, -0.25) is 4.55 Å². The zero-order valence-electron chi connectivity index (χ0n) is 21.3. The van der Waals surface area contributed by atoms with Gasteiger partial charge >= 0.3 is 0 Å². The predicted molar refractivity (Wildman–Crippen MR) is 158 cm³/mol. The van der Waals surface area contributed by atoms with Crippen LogP contribution in [0.4, 0.5) is 28.4 Å². The Morgan fingerprint density at radius 1 is 0.881 bits per heavy atom. The Morgan fingerprint density at radius 3 is 2.00 bits per heavy atom. The standard InChI is InChI=1S/C26H21N5O8S3/c1-3-41(35,36)20-11-9-19(10-12-20)29-31-25-22(42(37,38)39)14-17-6-13-21(26(32)23(17)24(25)27)30-28-18-7-4-16(5-8-18)15(2)40(33)34/h3-14,32H,1-2,27H2,(H,33,34)(H,37,38,39). The fourth-order valence-corrected chi connectivity index (χ4v) is 5.39. The number of nitrogens with zero attached hydrogens (tertiary/aromatic N) is 4. The van der Waals surface area contributed by atoms with Gasteiger partial charge < -0.3 is 15.4 Å². The van der Waals surface area contributed by atoms with Crippen molar-refractivity contribution in [3.8, 4) is 5.75 Å². The second kappa shape index (κ2) is 11.7. The van der Waals surface area contributed by atoms with Crippen molar-refractivity contribution in [2.45, 2.75) is 9.79 Å². The number of azo groups is 2. The van der Waals surface area contributed by atoms with Gasteiger partial charge in [0.15, 0.2) is 26.7 Å². The molecule has 0 aliphatic heterocycles. The predicted octanol–water partition coefficient (Wildman–Crippen LogP) is 6.31. The second-order valence-electron chi connectivity index (χ2n) is 8.47. The van der Waals surface area contributed by atoms with Crippen LogP contribution in [-0.4, -0.2) is 35.3 Å². The number of benzene rings is 4. The third-order valence-electron chi connectivity index (χ3n) is 5.83. The first-order valence-corrected chi connectivity index (χ1v) is 15.6. The average Bonchev–Trinajstić information content (AvgIpc) is 2.95. The highest BCUT2D eigenvalue weighted by molar-refractivity contribution is 7.94. The third kappa shape index (κ3) is 6.32. The number of rotatable bonds is 9. The van der Waals surface area contributed by atoms with Crippen LogP contribution in [0.25, 0.3) is 15.7 Å². The summed E-state index contributed by atoms with van der Waals surface area (Å²) >= 11 is -2.23. The molecule has 1 unspecified atom stereocenters. The monoisotopic (exact) mass is 627 g/mol. The van der Waals surface area contributed by atoms with Crippen molar-refractivity contribution in [1.29, 1.82) is 0 Å². The first kappa shape index (κ1) is 30.4. The molecular weight excluding hydrogens is 607 g/mol. The van der Waals surface area contributed by atoms with E-state index in [1.807, 2.05) is 0 Å². The summed E-state index contributed by atoms with van der Waals surface area (Å²) in [6.07, 6.45) is 0. The molecule has 4 aromatic rings. The van der Waals surface area contributed by atoms with E-state index in [2.05, 4.69) is 33.6 Å². The van der Waals surface area contributed by atoms with Crippen LogP contribution >= 0.6 is 0 Å². The Balaban J connectivity index is 1.76. The van der Waals surface area contributed by atoms with Crippen LogP contribution in [0.5, 0.6) is 5.75 Å². The Hall–Kier alpha value is -4.61. The molecule has 13 nitrogen and oxygen atoms in total. The smallest absolute Gasteiger partial charge is 0.296 e. The maximum atomic E-state index is 12.2. The van der Waals surface area contributed by atoms with Crippen LogP contribution in [0.15, 0.2) is 116 Å². The summed E-state index contributed by atoms with van der Waals surface area (Å²) < 4.78 is 78.3. The largest absolute Gasteiger partial charge is 0.505 e. The molecule has 0 aromatic heterocycles. The summed E-state index contributed by atoms with van der Waals surface area (Å²) in [6.45, 7) is 6.78. The summed E-state index contributed by atoms with van der Waals surface area (Å²) in [5, 5.41) is 27.7. The van der Waals surface area contributed by atoms with Gasteiger partial charge in [0, 0.05) is 5.41 Å². The van der Waals surface area contributed by atoms with Gasteiger partial charge in [0.1, 0.15) is 16.3 Å². The summed E-state index contributed by atoms with van der Waals surface area (Å²) in [5.74, 6) is -0.466. The molecule has 0 amide bonds. The van der Waals surface area contributed by atoms with E-state index in [-0.39, 0.29) is 37.6 Å². The highest BCUT2D eigenvalue weighted by atomic mass is 32.2. The second-order valence-corrected chi connectivity index (χ2v) is 12.7. The van der Waals surface area contributed by atoms with Crippen LogP contribution in [0, 0.1) is 0 Å². The lowest BCUT2D eigenvalue weighted by atomic mass is 10.1. The van der Waals surface area contributed by atoms with E-state index in [0.717, 1.165) is 11.5 Å². The first-order chi connectivity index (χ1) is 19.7. The molecule has 42 heavy (non-hydrogen) atoms. The Morgan fingerprint density at radius 2 is 1.45 bits per heavy atom. The lowest BCUT2D eigenvalue weighted by Crippen LogP contribution is -2.01. The molecule has 0 bridgehead atoms. The quantitative estimate of drug-likeness (QED) is 0.0704. The lowest BCUT2D eigenvalue weighted by molar-refractivity contribution is 0.481. The number of fused-ring (bicyclic) bond motifs is 1. The molecular formula is C26H21N5O8S3. The van der Waals surface area contributed by atoms with Crippen molar-refractivity contribution in [3.63, 3.8) is 0 Å². The van der Waals surface area contributed by atoms with E-state index >= 15 is 0 Å². The number of phenolic OH excluding ortho intramolecular Hbond substituents is 1. The summed E-state index contributed by atoms with van der Waals surface area (Å²) in [6, 6.07) is 15.0. The SMILES string of the molecule is C=CS(=O)(=O)c1ccc(N=Nc2c(S(=O)(=O)O)cc3ccc(N=Nc4ccc(C(=C)S(=O)O)cc4)c(O)c3c2N)cc1. The molecule has 0 saturated heterocycles. The maximum Gasteiger partial charge on any atom is 0.296 e. The number of hydrogen-bond donors (Lipinski definition) is 4. The Kier molecular flexibility index (Phi) is 8.46. The van der Waals surface area contributed by atoms with Crippen molar-refractivity contribution in [2.24, 2.45) is 20.5 Å². The minimum Gasteiger partial charge on any atom is -0.505 e. The normalized spacial score (nSPS) is 13.1. The highest BCUT2D eigenvalue weighted by Crippen LogP contribution is 2.45. The van der Waals surface area contributed by atoms with Crippen molar-refractivity contribution >= 4 is 75.2 Å². The molecule has 4 rings (SSSR count). The van der Waals surface area contributed by atoms with Crippen molar-refractivity contribution in [2.75, 3.05) is 5.73 Å². The molecule has 1 atom stereocenters. The first-order valence-electron chi connectivity index (χ1n) is 11.5. The number of aromatic hydroxyl groups is 1. The Bertz CT molecular complexity index is 2040. The highest BCUT2D eigenvalue weighted by Gasteiger charge is 2.23. The van der Waals surface area contributed by atoms with Gasteiger partial charge in [-0.25, -0.2) is 12.6 Å². The number of nitrogens with two attached hydrogens (primary N) is 1. The number of hydrogen-bond acceptors (Lipinski definition) is 11. The summed E-state index contributed by atoms with van der Waals surface area (Å²) in [4.78, 5) is -0.715. The molecule has 5 N–H and O–H groups in total. The van der Waals surface area contributed by atoms with Crippen molar-refractivity contribution < 1.29 is 35.3 Å². The van der Waals surface area contributed by atoms with Gasteiger partial charge in [0.2, 0.25) is 0 Å². The van der Waals surface area contributed by atoms with E-state index in [4.69, 9.17) is 10.3 Å². The van der Waals surface area contributed by atoms with Crippen LogP contribution < -0.4 is 5.73 Å². The van der Waals surface area contributed by atoms with Crippen molar-refractivity contribution in [1.82, 2.24) is 0 Å². The van der Waals surface area contributed by atoms with E-state index in [9.17, 15) is 30.7 Å². The van der Waals surface area contributed by atoms with Gasteiger partial charge in [0.25, 0.3) is 10.1 Å². The van der Waals surface area contributed by atoms with Gasteiger partial charge in [0.05, 0.1) is 32.2 Å². The molecule has 0 aliphatic carbocycles. The van der Waals surface area contributed by atoms with E-state index < -0.39 is 47.4 Å². The van der Waals surface area contributed by atoms with Crippen molar-refractivity contribution in [3.05, 3.63) is 90.9 Å². The average molecular weight is 628 g/mol. The number of nitrogen functional groups attached to an aromatic ring is 1. The molecule has 0 heterocycles. The van der Waals surface area contributed by atoms with Crippen LogP contribution in [0.2, 0.25) is 0 Å². The molecule has 16 heteroatoms. The van der Waals surface area contributed by atoms with Gasteiger partial charge in [-0.05, 0) is 59.5 Å². The van der Waals surface area contributed by atoms with Crippen LogP contribution in [0.1, 0.15) is 5.56 Å². The van der Waals surface area contributed by atoms with Gasteiger partial charge in [-0.1, -0.05) is 31.4 Å². The summed E-state index contributed by atoms with van der Waals surface area (Å²) in [7, 11) is -8.54. The molecule has 216 valence electrons. The minimum absolute atomic E-state index is 0.0102. The zero-order valence-corrected chi connectivity index (χ0v) is 23.8. The number of anilines is 1. The number of sulfone groups is 1. The molecule has 0 radical (unpaired) electrons. The summed E-state index contributed by atoms with van der Waals surface area (Å²) in [5.41, 5.74) is 6.25. The Labute approximate surface area is 242 Å². The van der Waals surface area contributed by atoms with E-state index in [1.165, 1.54) is 60.7 Å². The molecule has 0 saturated carbocycles. The van der Waals surface area contributed by atoms with Gasteiger partial charge in [-0.2, -0.15) is 18.6 Å². The van der Waals surface area contributed by atoms with Crippen LogP contribution in [0.3, 0.4) is 0 Å². The lowest BCUT2D eigenvalue weighted by Gasteiger charge is -2.12. The maximum absolute atomic E-state index is 12.2. The molecule has 0 aliphatic rings. The van der Waals surface area contributed by atoms with E-state index in [1.54, 1.807) is 0 Å². The topological polar surface area (TPSA) is 221 Å². The fourth-order valence-electron chi connectivity index (χ4n) is 3.67. The fraction of sp³-hybridized carbons (Fsp3) is 0. The third-order valence-corrected chi connectivity index (χ3v) is 8.73. The zero-order chi connectivity index (χ0) is 30.8. The molecule has 0 fully saturated rings.